The molecule has 6 heteroatoms. The van der Waals surface area contributed by atoms with Crippen LogP contribution < -0.4 is 10.6 Å². The molecule has 28 heavy (non-hydrogen) atoms. The van der Waals surface area contributed by atoms with Crippen LogP contribution in [0.1, 0.15) is 30.9 Å². The molecule has 2 saturated heterocycles. The van der Waals surface area contributed by atoms with Crippen molar-refractivity contribution in [2.24, 2.45) is 10.9 Å². The van der Waals surface area contributed by atoms with E-state index in [9.17, 15) is 0 Å². The highest BCUT2D eigenvalue weighted by Gasteiger charge is 2.17. The maximum Gasteiger partial charge on any atom is 0.191 e. The van der Waals surface area contributed by atoms with Gasteiger partial charge in [0.05, 0.1) is 19.8 Å². The molecule has 0 radical (unpaired) electrons. The molecular formula is C22H37N5O. The molecule has 156 valence electrons. The molecule has 2 aliphatic heterocycles. The lowest BCUT2D eigenvalue weighted by Crippen LogP contribution is -2.42. The number of benzene rings is 1. The molecular weight excluding hydrogens is 350 g/mol. The number of nitrogens with zero attached hydrogens (tertiary/aromatic N) is 3. The van der Waals surface area contributed by atoms with Crippen molar-refractivity contribution in [2.75, 3.05) is 59.5 Å². The molecule has 0 aliphatic carbocycles. The van der Waals surface area contributed by atoms with Crippen molar-refractivity contribution >= 4 is 5.96 Å². The minimum Gasteiger partial charge on any atom is -0.379 e. The molecule has 1 aromatic carbocycles. The van der Waals surface area contributed by atoms with Gasteiger partial charge in [0.15, 0.2) is 5.96 Å². The molecule has 2 heterocycles. The monoisotopic (exact) mass is 387 g/mol. The van der Waals surface area contributed by atoms with E-state index in [1.165, 1.54) is 37.1 Å². The number of morpholine rings is 1. The Balaban J connectivity index is 1.56. The summed E-state index contributed by atoms with van der Waals surface area (Å²) in [5.41, 5.74) is 2.69. The van der Waals surface area contributed by atoms with Gasteiger partial charge in [-0.25, -0.2) is 4.99 Å². The van der Waals surface area contributed by atoms with E-state index in [1.807, 2.05) is 0 Å². The van der Waals surface area contributed by atoms with Gasteiger partial charge in [-0.15, -0.1) is 0 Å². The molecule has 2 N–H and O–H groups in total. The van der Waals surface area contributed by atoms with Crippen LogP contribution in [0.15, 0.2) is 29.3 Å². The van der Waals surface area contributed by atoms with Gasteiger partial charge in [-0.1, -0.05) is 24.3 Å². The first-order chi connectivity index (χ1) is 13.7. The van der Waals surface area contributed by atoms with Crippen LogP contribution >= 0.6 is 0 Å². The van der Waals surface area contributed by atoms with Gasteiger partial charge in [-0.05, 0) is 56.9 Å². The first-order valence-electron chi connectivity index (χ1n) is 10.8. The summed E-state index contributed by atoms with van der Waals surface area (Å²) in [6.07, 6.45) is 2.54. The van der Waals surface area contributed by atoms with Crippen molar-refractivity contribution in [1.29, 1.82) is 0 Å². The number of aliphatic imine (C=N–C) groups is 1. The van der Waals surface area contributed by atoms with E-state index in [0.29, 0.717) is 6.54 Å². The van der Waals surface area contributed by atoms with Gasteiger partial charge in [-0.2, -0.15) is 0 Å². The van der Waals surface area contributed by atoms with Gasteiger partial charge in [0.25, 0.3) is 0 Å². The summed E-state index contributed by atoms with van der Waals surface area (Å²) in [5.74, 6) is 1.68. The van der Waals surface area contributed by atoms with Gasteiger partial charge >= 0.3 is 0 Å². The van der Waals surface area contributed by atoms with E-state index < -0.39 is 0 Å². The van der Waals surface area contributed by atoms with E-state index >= 15 is 0 Å². The summed E-state index contributed by atoms with van der Waals surface area (Å²) in [6.45, 7) is 11.8. The number of nitrogens with one attached hydrogen (secondary N) is 2. The molecule has 0 bridgehead atoms. The minimum absolute atomic E-state index is 0.712. The van der Waals surface area contributed by atoms with E-state index in [0.717, 1.165) is 57.8 Å². The summed E-state index contributed by atoms with van der Waals surface area (Å²) < 4.78 is 5.47. The molecule has 0 atom stereocenters. The van der Waals surface area contributed by atoms with Crippen LogP contribution in [-0.4, -0.2) is 75.3 Å². The number of guanidine groups is 1. The molecule has 0 unspecified atom stereocenters. The van der Waals surface area contributed by atoms with Crippen molar-refractivity contribution in [3.05, 3.63) is 35.4 Å². The number of likely N-dealkylation sites (tertiary alicyclic amines) is 1. The summed E-state index contributed by atoms with van der Waals surface area (Å²) in [5, 5.41) is 6.97. The Kier molecular flexibility index (Phi) is 8.58. The Morgan fingerprint density at radius 2 is 1.79 bits per heavy atom. The number of hydrogen-bond acceptors (Lipinski definition) is 4. The molecule has 0 saturated carbocycles. The predicted octanol–water partition coefficient (Wildman–Crippen LogP) is 1.92. The molecule has 0 amide bonds. The Labute approximate surface area is 170 Å². The topological polar surface area (TPSA) is 52.1 Å². The van der Waals surface area contributed by atoms with Crippen LogP contribution in [-0.2, 0) is 17.8 Å². The number of rotatable bonds is 7. The average Bonchev–Trinajstić information content (AvgIpc) is 2.73. The molecule has 0 aromatic heterocycles. The summed E-state index contributed by atoms with van der Waals surface area (Å²) in [4.78, 5) is 9.76. The standard InChI is InChI=1S/C22H37N5O/c1-3-23-22(24-16-19-8-10-26(2)11-9-19)25-17-20-6-4-5-7-21(20)18-27-12-14-28-15-13-27/h4-7,19H,3,8-18H2,1-2H3,(H2,23,24,25). The molecule has 2 fully saturated rings. The van der Waals surface area contributed by atoms with Gasteiger partial charge in [0.2, 0.25) is 0 Å². The molecule has 0 spiro atoms. The van der Waals surface area contributed by atoms with Crippen molar-refractivity contribution in [3.8, 4) is 0 Å². The van der Waals surface area contributed by atoms with Crippen LogP contribution in [0.3, 0.4) is 0 Å². The zero-order valence-electron chi connectivity index (χ0n) is 17.6. The maximum absolute atomic E-state index is 5.47. The normalized spacial score (nSPS) is 20.3. The van der Waals surface area contributed by atoms with E-state index in [2.05, 4.69) is 58.7 Å². The van der Waals surface area contributed by atoms with Gasteiger partial charge < -0.3 is 20.3 Å². The minimum atomic E-state index is 0.712. The fourth-order valence-corrected chi connectivity index (χ4v) is 3.88. The second-order valence-electron chi connectivity index (χ2n) is 7.98. The third-order valence-corrected chi connectivity index (χ3v) is 5.76. The third kappa shape index (κ3) is 6.76. The third-order valence-electron chi connectivity index (χ3n) is 5.76. The lowest BCUT2D eigenvalue weighted by molar-refractivity contribution is 0.0341. The Hall–Kier alpha value is -1.63. The Morgan fingerprint density at radius 3 is 2.50 bits per heavy atom. The van der Waals surface area contributed by atoms with Gasteiger partial charge in [0.1, 0.15) is 0 Å². The quantitative estimate of drug-likeness (QED) is 0.553. The second kappa shape index (κ2) is 11.4. The molecule has 2 aliphatic rings. The lowest BCUT2D eigenvalue weighted by atomic mass is 9.97. The highest BCUT2D eigenvalue weighted by molar-refractivity contribution is 5.79. The zero-order valence-corrected chi connectivity index (χ0v) is 17.6. The fraction of sp³-hybridized carbons (Fsp3) is 0.682. The lowest BCUT2D eigenvalue weighted by Gasteiger charge is -2.29. The Morgan fingerprint density at radius 1 is 1.07 bits per heavy atom. The number of hydrogen-bond donors (Lipinski definition) is 2. The van der Waals surface area contributed by atoms with Crippen molar-refractivity contribution < 1.29 is 4.74 Å². The highest BCUT2D eigenvalue weighted by Crippen LogP contribution is 2.15. The van der Waals surface area contributed by atoms with Crippen LogP contribution in [0.5, 0.6) is 0 Å². The predicted molar refractivity (Wildman–Crippen MR) is 116 cm³/mol. The summed E-state index contributed by atoms with van der Waals surface area (Å²) in [7, 11) is 2.21. The van der Waals surface area contributed by atoms with E-state index in [4.69, 9.17) is 9.73 Å². The van der Waals surface area contributed by atoms with Crippen LogP contribution in [0.2, 0.25) is 0 Å². The highest BCUT2D eigenvalue weighted by atomic mass is 16.5. The van der Waals surface area contributed by atoms with Crippen LogP contribution in [0, 0.1) is 5.92 Å². The first kappa shape index (κ1) is 21.1. The fourth-order valence-electron chi connectivity index (χ4n) is 3.88. The van der Waals surface area contributed by atoms with E-state index in [1.54, 1.807) is 0 Å². The van der Waals surface area contributed by atoms with Gasteiger partial charge in [-0.3, -0.25) is 4.90 Å². The van der Waals surface area contributed by atoms with E-state index in [-0.39, 0.29) is 0 Å². The van der Waals surface area contributed by atoms with Crippen LogP contribution in [0.4, 0.5) is 0 Å². The maximum atomic E-state index is 5.47. The molecule has 3 rings (SSSR count). The SMILES string of the molecule is CCNC(=NCc1ccccc1CN1CCOCC1)NCC1CCN(C)CC1. The van der Waals surface area contributed by atoms with Crippen molar-refractivity contribution in [3.63, 3.8) is 0 Å². The smallest absolute Gasteiger partial charge is 0.191 e. The second-order valence-corrected chi connectivity index (χ2v) is 7.98. The van der Waals surface area contributed by atoms with Crippen molar-refractivity contribution in [2.45, 2.75) is 32.9 Å². The average molecular weight is 388 g/mol. The number of ether oxygens (including phenoxy) is 1. The van der Waals surface area contributed by atoms with Crippen molar-refractivity contribution in [1.82, 2.24) is 20.4 Å². The van der Waals surface area contributed by atoms with Gasteiger partial charge in [0, 0.05) is 32.7 Å². The summed E-state index contributed by atoms with van der Waals surface area (Å²) in [6, 6.07) is 8.69. The van der Waals surface area contributed by atoms with Crippen LogP contribution in [0.25, 0.3) is 0 Å². The molecule has 6 nitrogen and oxygen atoms in total. The largest absolute Gasteiger partial charge is 0.379 e. The zero-order chi connectivity index (χ0) is 19.6. The summed E-state index contributed by atoms with van der Waals surface area (Å²) >= 11 is 0. The molecule has 1 aromatic rings. The first-order valence-corrected chi connectivity index (χ1v) is 10.8. The Bertz CT molecular complexity index is 607. The number of piperidine rings is 1.